The molecule has 0 unspecified atom stereocenters. The van der Waals surface area contributed by atoms with Gasteiger partial charge in [-0.1, -0.05) is 11.6 Å². The normalized spacial score (nSPS) is 9.25. The molecule has 0 radical (unpaired) electrons. The topological polar surface area (TPSA) is 25.8 Å². The van der Waals surface area contributed by atoms with E-state index in [1.165, 1.54) is 6.33 Å². The summed E-state index contributed by atoms with van der Waals surface area (Å²) in [4.78, 5) is 7.52. The van der Waals surface area contributed by atoms with Gasteiger partial charge >= 0.3 is 0 Å². The second kappa shape index (κ2) is 2.59. The molecule has 1 aromatic heterocycles. The molecule has 0 atom stereocenters. The molecule has 2 nitrogen and oxygen atoms in total. The van der Waals surface area contributed by atoms with Crippen LogP contribution in [0.2, 0.25) is 5.15 Å². The van der Waals surface area contributed by atoms with Crippen molar-refractivity contribution >= 4 is 34.2 Å². The fourth-order valence-electron chi connectivity index (χ4n) is 0.312. The molecule has 0 amide bonds. The zero-order chi connectivity index (χ0) is 5.98. The summed E-state index contributed by atoms with van der Waals surface area (Å²) in [7, 11) is 0. The van der Waals surface area contributed by atoms with Gasteiger partial charge < -0.3 is 0 Å². The van der Waals surface area contributed by atoms with Crippen LogP contribution >= 0.6 is 34.2 Å². The Balaban J connectivity index is 3.08. The summed E-state index contributed by atoms with van der Waals surface area (Å²) in [5.41, 5.74) is 0. The molecule has 4 heteroatoms. The zero-order valence-corrected chi connectivity index (χ0v) is 6.72. The van der Waals surface area contributed by atoms with E-state index in [1.54, 1.807) is 6.07 Å². The highest BCUT2D eigenvalue weighted by Gasteiger charge is 1.87. The minimum atomic E-state index is 0.490. The van der Waals surface area contributed by atoms with Crippen LogP contribution in [-0.2, 0) is 0 Å². The predicted molar refractivity (Wildman–Crippen MR) is 39.8 cm³/mol. The van der Waals surface area contributed by atoms with Crippen molar-refractivity contribution in [1.29, 1.82) is 0 Å². The van der Waals surface area contributed by atoms with Crippen molar-refractivity contribution in [2.45, 2.75) is 0 Å². The van der Waals surface area contributed by atoms with E-state index in [2.05, 4.69) is 32.6 Å². The summed E-state index contributed by atoms with van der Waals surface area (Å²) in [5.74, 6) is 0. The SMILES string of the molecule is Clc1cc(I)ncn1. The van der Waals surface area contributed by atoms with Gasteiger partial charge in [-0.05, 0) is 22.6 Å². The van der Waals surface area contributed by atoms with Crippen LogP contribution in [0.25, 0.3) is 0 Å². The molecule has 0 N–H and O–H groups in total. The van der Waals surface area contributed by atoms with Gasteiger partial charge in [0, 0.05) is 6.07 Å². The van der Waals surface area contributed by atoms with E-state index in [0.717, 1.165) is 3.70 Å². The second-order valence-corrected chi connectivity index (χ2v) is 2.66. The Morgan fingerprint density at radius 1 is 1.50 bits per heavy atom. The van der Waals surface area contributed by atoms with Crippen molar-refractivity contribution < 1.29 is 0 Å². The van der Waals surface area contributed by atoms with E-state index in [1.807, 2.05) is 0 Å². The minimum Gasteiger partial charge on any atom is -0.230 e. The Labute approximate surface area is 65.4 Å². The third-order valence-electron chi connectivity index (χ3n) is 0.600. The summed E-state index contributed by atoms with van der Waals surface area (Å²) in [5, 5.41) is 0.490. The molecule has 0 saturated carbocycles. The molecule has 1 aromatic rings. The smallest absolute Gasteiger partial charge is 0.133 e. The first kappa shape index (κ1) is 6.22. The minimum absolute atomic E-state index is 0.490. The average Bonchev–Trinajstić information content (AvgIpc) is 1.64. The van der Waals surface area contributed by atoms with E-state index in [-0.39, 0.29) is 0 Å². The van der Waals surface area contributed by atoms with Crippen molar-refractivity contribution in [2.24, 2.45) is 0 Å². The third kappa shape index (κ3) is 1.56. The van der Waals surface area contributed by atoms with Gasteiger partial charge in [0.1, 0.15) is 15.2 Å². The molecule has 0 bridgehead atoms. The van der Waals surface area contributed by atoms with Crippen molar-refractivity contribution in [3.8, 4) is 0 Å². The van der Waals surface area contributed by atoms with Crippen LogP contribution in [0.1, 0.15) is 0 Å². The van der Waals surface area contributed by atoms with Gasteiger partial charge in [-0.25, -0.2) is 9.97 Å². The van der Waals surface area contributed by atoms with Crippen LogP contribution in [0.15, 0.2) is 12.4 Å². The van der Waals surface area contributed by atoms with E-state index in [9.17, 15) is 0 Å². The first-order valence-corrected chi connectivity index (χ1v) is 3.38. The molecule has 1 heterocycles. The monoisotopic (exact) mass is 240 g/mol. The van der Waals surface area contributed by atoms with Gasteiger partial charge in [0.05, 0.1) is 0 Å². The first-order valence-electron chi connectivity index (χ1n) is 1.92. The second-order valence-electron chi connectivity index (χ2n) is 1.16. The van der Waals surface area contributed by atoms with Crippen LogP contribution in [0.3, 0.4) is 0 Å². The lowest BCUT2D eigenvalue weighted by Gasteiger charge is -1.85. The molecular formula is C4H2ClIN2. The molecule has 0 saturated heterocycles. The quantitative estimate of drug-likeness (QED) is 0.510. The Morgan fingerprint density at radius 2 is 2.25 bits per heavy atom. The molecule has 0 aliphatic carbocycles. The molecule has 0 aliphatic rings. The summed E-state index contributed by atoms with van der Waals surface area (Å²) in [6, 6.07) is 1.70. The summed E-state index contributed by atoms with van der Waals surface area (Å²) >= 11 is 7.56. The molecular weight excluding hydrogens is 238 g/mol. The highest BCUT2D eigenvalue weighted by molar-refractivity contribution is 14.1. The Hall–Kier alpha value is 0.1000. The maximum absolute atomic E-state index is 5.49. The molecule has 0 spiro atoms. The van der Waals surface area contributed by atoms with E-state index < -0.39 is 0 Å². The Kier molecular flexibility index (Phi) is 2.01. The predicted octanol–water partition coefficient (Wildman–Crippen LogP) is 1.73. The van der Waals surface area contributed by atoms with Gasteiger partial charge in [-0.2, -0.15) is 0 Å². The summed E-state index contributed by atoms with van der Waals surface area (Å²) < 4.78 is 0.864. The average molecular weight is 240 g/mol. The number of halogens is 2. The number of hydrogen-bond acceptors (Lipinski definition) is 2. The molecule has 42 valence electrons. The van der Waals surface area contributed by atoms with Gasteiger partial charge in [0.2, 0.25) is 0 Å². The number of aromatic nitrogens is 2. The van der Waals surface area contributed by atoms with Gasteiger partial charge in [0.15, 0.2) is 0 Å². The van der Waals surface area contributed by atoms with Crippen molar-refractivity contribution in [3.05, 3.63) is 21.2 Å². The van der Waals surface area contributed by atoms with E-state index in [0.29, 0.717) is 5.15 Å². The van der Waals surface area contributed by atoms with E-state index in [4.69, 9.17) is 11.6 Å². The largest absolute Gasteiger partial charge is 0.230 e. The highest BCUT2D eigenvalue weighted by atomic mass is 127. The Morgan fingerprint density at radius 3 is 2.62 bits per heavy atom. The third-order valence-corrected chi connectivity index (χ3v) is 1.40. The van der Waals surface area contributed by atoms with Crippen molar-refractivity contribution in [3.63, 3.8) is 0 Å². The maximum Gasteiger partial charge on any atom is 0.133 e. The Bertz CT molecular complexity index is 174. The molecule has 0 aliphatic heterocycles. The zero-order valence-electron chi connectivity index (χ0n) is 3.81. The van der Waals surface area contributed by atoms with Crippen LogP contribution in [0.5, 0.6) is 0 Å². The molecule has 0 aromatic carbocycles. The fourth-order valence-corrected chi connectivity index (χ4v) is 1.06. The van der Waals surface area contributed by atoms with E-state index >= 15 is 0 Å². The highest BCUT2D eigenvalue weighted by Crippen LogP contribution is 2.04. The maximum atomic E-state index is 5.49. The van der Waals surface area contributed by atoms with Crippen molar-refractivity contribution in [2.75, 3.05) is 0 Å². The van der Waals surface area contributed by atoms with Gasteiger partial charge in [-0.3, -0.25) is 0 Å². The van der Waals surface area contributed by atoms with Gasteiger partial charge in [0.25, 0.3) is 0 Å². The molecule has 1 rings (SSSR count). The van der Waals surface area contributed by atoms with Crippen LogP contribution < -0.4 is 0 Å². The van der Waals surface area contributed by atoms with Crippen molar-refractivity contribution in [1.82, 2.24) is 9.97 Å². The van der Waals surface area contributed by atoms with Gasteiger partial charge in [-0.15, -0.1) is 0 Å². The lowest BCUT2D eigenvalue weighted by molar-refractivity contribution is 1.14. The standard InChI is InChI=1S/C4H2ClIN2/c5-3-1-4(6)8-2-7-3/h1-2H. The lowest BCUT2D eigenvalue weighted by Crippen LogP contribution is -1.80. The fraction of sp³-hybridized carbons (Fsp3) is 0. The number of nitrogens with zero attached hydrogens (tertiary/aromatic N) is 2. The number of rotatable bonds is 0. The molecule has 0 fully saturated rings. The van der Waals surface area contributed by atoms with Crippen LogP contribution in [0.4, 0.5) is 0 Å². The lowest BCUT2D eigenvalue weighted by atomic mass is 10.7. The first-order chi connectivity index (χ1) is 3.79. The summed E-state index contributed by atoms with van der Waals surface area (Å²) in [6.07, 6.45) is 1.43. The summed E-state index contributed by atoms with van der Waals surface area (Å²) in [6.45, 7) is 0. The molecule has 8 heavy (non-hydrogen) atoms. The van der Waals surface area contributed by atoms with Crippen LogP contribution in [0, 0.1) is 3.70 Å². The number of hydrogen-bond donors (Lipinski definition) is 0. The van der Waals surface area contributed by atoms with Crippen LogP contribution in [-0.4, -0.2) is 9.97 Å².